The monoisotopic (exact) mass is 255 g/mol. The van der Waals surface area contributed by atoms with Crippen LogP contribution in [0.15, 0.2) is 12.1 Å². The molecule has 0 atom stereocenters. The van der Waals surface area contributed by atoms with Crippen LogP contribution in [0.3, 0.4) is 0 Å². The van der Waals surface area contributed by atoms with Crippen LogP contribution in [-0.4, -0.2) is 29.7 Å². The number of benzene rings is 1. The topological polar surface area (TPSA) is 98.9 Å². The molecule has 0 bridgehead atoms. The fourth-order valence-corrected chi connectivity index (χ4v) is 1.48. The first-order valence-electron chi connectivity index (χ1n) is 5.14. The van der Waals surface area contributed by atoms with E-state index in [0.29, 0.717) is 0 Å². The van der Waals surface area contributed by atoms with Gasteiger partial charge in [-0.2, -0.15) is 0 Å². The number of ether oxygens (including phenoxy) is 2. The second-order valence-corrected chi connectivity index (χ2v) is 3.47. The Morgan fingerprint density at radius 1 is 1.50 bits per heavy atom. The van der Waals surface area contributed by atoms with E-state index in [4.69, 9.17) is 9.47 Å². The van der Waals surface area contributed by atoms with Crippen LogP contribution in [0.1, 0.15) is 12.5 Å². The van der Waals surface area contributed by atoms with Crippen molar-refractivity contribution < 1.29 is 24.3 Å². The molecule has 1 aromatic rings. The molecule has 0 aliphatic rings. The first-order valence-corrected chi connectivity index (χ1v) is 5.14. The molecular weight excluding hydrogens is 242 g/mol. The molecule has 18 heavy (non-hydrogen) atoms. The molecule has 0 saturated carbocycles. The lowest BCUT2D eigenvalue weighted by atomic mass is 10.1. The largest absolute Gasteiger partial charge is 0.500 e. The number of methoxy groups -OCH3 is 1. The lowest BCUT2D eigenvalue weighted by molar-refractivity contribution is -0.386. The van der Waals surface area contributed by atoms with Crippen LogP contribution in [0.25, 0.3) is 0 Å². The minimum atomic E-state index is -0.693. The maximum absolute atomic E-state index is 10.9. The van der Waals surface area contributed by atoms with Crippen molar-refractivity contribution in [1.29, 1.82) is 0 Å². The Morgan fingerprint density at radius 3 is 2.67 bits per heavy atom. The molecule has 0 heterocycles. The molecule has 0 radical (unpaired) electrons. The predicted octanol–water partition coefficient (Wildman–Crippen LogP) is 1.41. The lowest BCUT2D eigenvalue weighted by Gasteiger charge is -2.08. The smallest absolute Gasteiger partial charge is 0.317 e. The van der Waals surface area contributed by atoms with Crippen LogP contribution >= 0.6 is 0 Å². The third-order valence-corrected chi connectivity index (χ3v) is 2.28. The number of aromatic hydroxyl groups is 1. The molecular formula is C11H13NO6. The Labute approximate surface area is 103 Å². The second kappa shape index (κ2) is 5.85. The molecule has 0 aliphatic heterocycles. The molecule has 0 spiro atoms. The van der Waals surface area contributed by atoms with Crippen LogP contribution in [0.2, 0.25) is 0 Å². The third kappa shape index (κ3) is 3.09. The summed E-state index contributed by atoms with van der Waals surface area (Å²) in [4.78, 5) is 20.8. The van der Waals surface area contributed by atoms with Crippen molar-refractivity contribution >= 4 is 11.7 Å². The Morgan fingerprint density at radius 2 is 2.17 bits per heavy atom. The van der Waals surface area contributed by atoms with Crippen molar-refractivity contribution in [1.82, 2.24) is 0 Å². The number of nitro groups is 1. The standard InChI is InChI=1S/C11H13NO6/c1-7(13)18-6-5-8-3-4-9(17-2)11(14)10(8)12(15)16/h3-4,14H,5-6H2,1-2H3. The van der Waals surface area contributed by atoms with E-state index < -0.39 is 22.3 Å². The Balaban J connectivity index is 3.00. The molecule has 1 N–H and O–H groups in total. The summed E-state index contributed by atoms with van der Waals surface area (Å²) in [5, 5.41) is 20.6. The Kier molecular flexibility index (Phi) is 4.47. The number of carbonyl (C=O) groups is 1. The number of phenolic OH excluding ortho intramolecular Hbond substituents is 1. The maximum Gasteiger partial charge on any atom is 0.317 e. The first kappa shape index (κ1) is 13.8. The molecule has 1 rings (SSSR count). The average Bonchev–Trinajstić information content (AvgIpc) is 2.28. The number of rotatable bonds is 5. The number of esters is 1. The van der Waals surface area contributed by atoms with Gasteiger partial charge in [-0.1, -0.05) is 0 Å². The fraction of sp³-hybridized carbons (Fsp3) is 0.364. The van der Waals surface area contributed by atoms with Crippen molar-refractivity contribution in [3.63, 3.8) is 0 Å². The minimum Gasteiger partial charge on any atom is -0.500 e. The summed E-state index contributed by atoms with van der Waals surface area (Å²) in [6, 6.07) is 2.88. The molecule has 7 heteroatoms. The van der Waals surface area contributed by atoms with Gasteiger partial charge < -0.3 is 14.6 Å². The van der Waals surface area contributed by atoms with Gasteiger partial charge in [0.2, 0.25) is 5.75 Å². The van der Waals surface area contributed by atoms with E-state index in [9.17, 15) is 20.0 Å². The predicted molar refractivity (Wildman–Crippen MR) is 61.7 cm³/mol. The van der Waals surface area contributed by atoms with E-state index in [-0.39, 0.29) is 24.3 Å². The average molecular weight is 255 g/mol. The quantitative estimate of drug-likeness (QED) is 0.485. The van der Waals surface area contributed by atoms with Crippen molar-refractivity contribution in [2.45, 2.75) is 13.3 Å². The van der Waals surface area contributed by atoms with Gasteiger partial charge in [-0.15, -0.1) is 0 Å². The molecule has 0 aromatic heterocycles. The molecule has 1 aromatic carbocycles. The zero-order valence-electron chi connectivity index (χ0n) is 10.0. The zero-order chi connectivity index (χ0) is 13.7. The molecule has 0 aliphatic carbocycles. The SMILES string of the molecule is COc1ccc(CCOC(C)=O)c([N+](=O)[O-])c1O. The van der Waals surface area contributed by atoms with Crippen molar-refractivity contribution in [2.75, 3.05) is 13.7 Å². The van der Waals surface area contributed by atoms with E-state index in [1.54, 1.807) is 0 Å². The molecule has 0 fully saturated rings. The van der Waals surface area contributed by atoms with Gasteiger partial charge in [0.05, 0.1) is 18.6 Å². The van der Waals surface area contributed by atoms with Gasteiger partial charge >= 0.3 is 11.7 Å². The Bertz CT molecular complexity index is 471. The highest BCUT2D eigenvalue weighted by Gasteiger charge is 2.23. The summed E-state index contributed by atoms with van der Waals surface area (Å²) in [6.45, 7) is 1.27. The van der Waals surface area contributed by atoms with Crippen LogP contribution in [0, 0.1) is 10.1 Å². The van der Waals surface area contributed by atoms with E-state index in [2.05, 4.69) is 0 Å². The number of phenols is 1. The van der Waals surface area contributed by atoms with Crippen molar-refractivity contribution in [3.8, 4) is 11.5 Å². The summed E-state index contributed by atoms with van der Waals surface area (Å²) in [5.41, 5.74) is -0.152. The molecule has 98 valence electrons. The summed E-state index contributed by atoms with van der Waals surface area (Å²) in [7, 11) is 1.30. The van der Waals surface area contributed by atoms with Crippen molar-refractivity contribution in [3.05, 3.63) is 27.8 Å². The highest BCUT2D eigenvalue weighted by molar-refractivity contribution is 5.66. The minimum absolute atomic E-state index is 0.0158. The van der Waals surface area contributed by atoms with E-state index in [1.807, 2.05) is 0 Å². The van der Waals surface area contributed by atoms with E-state index in [1.165, 1.54) is 26.2 Å². The van der Waals surface area contributed by atoms with Gasteiger partial charge in [-0.05, 0) is 12.1 Å². The fourth-order valence-electron chi connectivity index (χ4n) is 1.48. The van der Waals surface area contributed by atoms with Crippen LogP contribution in [0.5, 0.6) is 11.5 Å². The van der Waals surface area contributed by atoms with Crippen LogP contribution < -0.4 is 4.74 Å². The first-order chi connectivity index (χ1) is 8.47. The van der Waals surface area contributed by atoms with Crippen molar-refractivity contribution in [2.24, 2.45) is 0 Å². The summed E-state index contributed by atoms with van der Waals surface area (Å²) in [5.74, 6) is -0.962. The number of carbonyl (C=O) groups excluding carboxylic acids is 1. The normalized spacial score (nSPS) is 9.89. The van der Waals surface area contributed by atoms with Crippen LogP contribution in [0.4, 0.5) is 5.69 Å². The van der Waals surface area contributed by atoms with Gasteiger partial charge in [-0.3, -0.25) is 14.9 Å². The molecule has 0 amide bonds. The Hall–Kier alpha value is -2.31. The third-order valence-electron chi connectivity index (χ3n) is 2.28. The van der Waals surface area contributed by atoms with Crippen LogP contribution in [-0.2, 0) is 16.0 Å². The maximum atomic E-state index is 10.9. The summed E-state index contributed by atoms with van der Waals surface area (Å²) < 4.78 is 9.50. The van der Waals surface area contributed by atoms with Gasteiger partial charge in [-0.25, -0.2) is 0 Å². The van der Waals surface area contributed by atoms with Gasteiger partial charge in [0.15, 0.2) is 5.75 Å². The lowest BCUT2D eigenvalue weighted by Crippen LogP contribution is -2.05. The van der Waals surface area contributed by atoms with Gasteiger partial charge in [0, 0.05) is 18.9 Å². The summed E-state index contributed by atoms with van der Waals surface area (Å²) >= 11 is 0. The number of nitrogens with zero attached hydrogens (tertiary/aromatic N) is 1. The second-order valence-electron chi connectivity index (χ2n) is 3.47. The molecule has 0 saturated heterocycles. The number of hydrogen-bond donors (Lipinski definition) is 1. The van der Waals surface area contributed by atoms with Gasteiger partial charge in [0.1, 0.15) is 0 Å². The van der Waals surface area contributed by atoms with E-state index in [0.717, 1.165) is 0 Å². The zero-order valence-corrected chi connectivity index (χ0v) is 10.0. The van der Waals surface area contributed by atoms with E-state index >= 15 is 0 Å². The number of hydrogen-bond acceptors (Lipinski definition) is 6. The highest BCUT2D eigenvalue weighted by Crippen LogP contribution is 2.38. The molecule has 0 unspecified atom stereocenters. The van der Waals surface area contributed by atoms with Gasteiger partial charge in [0.25, 0.3) is 0 Å². The number of nitro benzene ring substituents is 1. The molecule has 7 nitrogen and oxygen atoms in total. The summed E-state index contributed by atoms with van der Waals surface area (Å²) in [6.07, 6.45) is 0.146. The highest BCUT2D eigenvalue weighted by atomic mass is 16.6.